The van der Waals surface area contributed by atoms with Crippen molar-refractivity contribution in [1.82, 2.24) is 10.7 Å². The maximum absolute atomic E-state index is 12.0. The van der Waals surface area contributed by atoms with Gasteiger partial charge in [-0.05, 0) is 55.8 Å². The van der Waals surface area contributed by atoms with Gasteiger partial charge in [0.25, 0.3) is 5.91 Å². The Morgan fingerprint density at radius 2 is 1.77 bits per heavy atom. The highest BCUT2D eigenvalue weighted by Gasteiger charge is 2.12. The molecule has 0 atom stereocenters. The topological polar surface area (TPSA) is 118 Å². The van der Waals surface area contributed by atoms with E-state index in [0.29, 0.717) is 22.7 Å². The minimum atomic E-state index is -0.845. The summed E-state index contributed by atoms with van der Waals surface area (Å²) in [7, 11) is 1.55. The van der Waals surface area contributed by atoms with E-state index in [1.165, 1.54) is 6.21 Å². The van der Waals surface area contributed by atoms with E-state index in [0.717, 1.165) is 0 Å². The number of rotatable bonds is 8. The molecule has 0 radical (unpaired) electrons. The van der Waals surface area contributed by atoms with Crippen LogP contribution in [0, 0.1) is 0 Å². The standard InChI is InChI=1S/C21H24N4O5/c1-14(2)23-20(27)21(28)25-22-12-15-7-9-17(10-8-15)30-13-19(26)24-16-5-4-6-18(11-16)29-3/h4-12,14H,13H2,1-3H3,(H,23,27)(H,24,26)(H,25,28)/b22-12-. The average molecular weight is 412 g/mol. The van der Waals surface area contributed by atoms with Crippen molar-refractivity contribution in [2.75, 3.05) is 19.0 Å². The third kappa shape index (κ3) is 7.63. The van der Waals surface area contributed by atoms with Crippen molar-refractivity contribution in [3.05, 3.63) is 54.1 Å². The van der Waals surface area contributed by atoms with Crippen LogP contribution >= 0.6 is 0 Å². The van der Waals surface area contributed by atoms with Crippen LogP contribution in [0.5, 0.6) is 11.5 Å². The molecule has 9 heteroatoms. The summed E-state index contributed by atoms with van der Waals surface area (Å²) in [4.78, 5) is 35.0. The van der Waals surface area contributed by atoms with Crippen LogP contribution in [0.25, 0.3) is 0 Å². The second-order valence-corrected chi connectivity index (χ2v) is 6.47. The van der Waals surface area contributed by atoms with Crippen molar-refractivity contribution in [3.63, 3.8) is 0 Å². The summed E-state index contributed by atoms with van der Waals surface area (Å²) in [5.41, 5.74) is 3.43. The Morgan fingerprint density at radius 3 is 2.43 bits per heavy atom. The summed E-state index contributed by atoms with van der Waals surface area (Å²) in [6.07, 6.45) is 1.39. The maximum atomic E-state index is 12.0. The first kappa shape index (κ1) is 22.4. The van der Waals surface area contributed by atoms with Gasteiger partial charge in [-0.15, -0.1) is 0 Å². The van der Waals surface area contributed by atoms with Crippen molar-refractivity contribution >= 4 is 29.6 Å². The lowest BCUT2D eigenvalue weighted by molar-refractivity contribution is -0.139. The third-order valence-corrected chi connectivity index (χ3v) is 3.61. The SMILES string of the molecule is COc1cccc(NC(=O)COc2ccc(/C=N\NC(=O)C(=O)NC(C)C)cc2)c1. The molecular formula is C21H24N4O5. The Morgan fingerprint density at radius 1 is 1.03 bits per heavy atom. The molecule has 2 aromatic carbocycles. The number of methoxy groups -OCH3 is 1. The van der Waals surface area contributed by atoms with Gasteiger partial charge in [-0.25, -0.2) is 5.43 Å². The van der Waals surface area contributed by atoms with Gasteiger partial charge in [0, 0.05) is 17.8 Å². The van der Waals surface area contributed by atoms with Gasteiger partial charge in [0.05, 0.1) is 13.3 Å². The van der Waals surface area contributed by atoms with E-state index >= 15 is 0 Å². The van der Waals surface area contributed by atoms with Crippen LogP contribution in [0.1, 0.15) is 19.4 Å². The molecule has 0 aromatic heterocycles. The van der Waals surface area contributed by atoms with Crippen LogP contribution in [-0.2, 0) is 14.4 Å². The van der Waals surface area contributed by atoms with Crippen molar-refractivity contribution in [2.24, 2.45) is 5.10 Å². The maximum Gasteiger partial charge on any atom is 0.329 e. The minimum absolute atomic E-state index is 0.141. The Kier molecular flexibility index (Phi) is 8.37. The predicted molar refractivity (Wildman–Crippen MR) is 113 cm³/mol. The van der Waals surface area contributed by atoms with Gasteiger partial charge < -0.3 is 20.1 Å². The fourth-order valence-corrected chi connectivity index (χ4v) is 2.24. The first-order chi connectivity index (χ1) is 14.4. The molecule has 0 aliphatic heterocycles. The van der Waals surface area contributed by atoms with Gasteiger partial charge in [-0.2, -0.15) is 5.10 Å². The molecule has 0 bridgehead atoms. The van der Waals surface area contributed by atoms with Crippen LogP contribution in [0.2, 0.25) is 0 Å². The molecule has 158 valence electrons. The van der Waals surface area contributed by atoms with E-state index in [1.807, 2.05) is 0 Å². The number of benzene rings is 2. The summed E-state index contributed by atoms with van der Waals surface area (Å²) in [5.74, 6) is -0.771. The molecule has 30 heavy (non-hydrogen) atoms. The quantitative estimate of drug-likeness (QED) is 0.346. The number of ether oxygens (including phenoxy) is 2. The third-order valence-electron chi connectivity index (χ3n) is 3.61. The van der Waals surface area contributed by atoms with Gasteiger partial charge >= 0.3 is 11.8 Å². The lowest BCUT2D eigenvalue weighted by Gasteiger charge is -2.08. The van der Waals surface area contributed by atoms with Crippen LogP contribution < -0.4 is 25.5 Å². The molecule has 0 unspecified atom stereocenters. The van der Waals surface area contributed by atoms with Crippen molar-refractivity contribution in [1.29, 1.82) is 0 Å². The Labute approximate surface area is 174 Å². The van der Waals surface area contributed by atoms with Crippen LogP contribution in [0.4, 0.5) is 5.69 Å². The molecule has 3 N–H and O–H groups in total. The smallest absolute Gasteiger partial charge is 0.329 e. The molecular weight excluding hydrogens is 388 g/mol. The number of carbonyl (C=O) groups is 3. The highest BCUT2D eigenvalue weighted by Crippen LogP contribution is 2.17. The molecule has 9 nitrogen and oxygen atoms in total. The summed E-state index contributed by atoms with van der Waals surface area (Å²) in [6, 6.07) is 13.6. The molecule has 0 saturated carbocycles. The molecule has 2 aromatic rings. The Bertz CT molecular complexity index is 910. The van der Waals surface area contributed by atoms with E-state index in [4.69, 9.17) is 9.47 Å². The zero-order chi connectivity index (χ0) is 21.9. The van der Waals surface area contributed by atoms with E-state index in [9.17, 15) is 14.4 Å². The van der Waals surface area contributed by atoms with E-state index in [2.05, 4.69) is 21.2 Å². The zero-order valence-electron chi connectivity index (χ0n) is 17.0. The lowest BCUT2D eigenvalue weighted by atomic mass is 10.2. The number of amides is 3. The van der Waals surface area contributed by atoms with E-state index < -0.39 is 11.8 Å². The molecule has 0 spiro atoms. The molecule has 2 rings (SSSR count). The summed E-state index contributed by atoms with van der Waals surface area (Å²) >= 11 is 0. The van der Waals surface area contributed by atoms with Gasteiger partial charge in [-0.3, -0.25) is 14.4 Å². The summed E-state index contributed by atoms with van der Waals surface area (Å²) < 4.78 is 10.6. The van der Waals surface area contributed by atoms with Crippen molar-refractivity contribution in [2.45, 2.75) is 19.9 Å². The summed E-state index contributed by atoms with van der Waals surface area (Å²) in [6.45, 7) is 3.34. The lowest BCUT2D eigenvalue weighted by Crippen LogP contribution is -2.41. The number of anilines is 1. The largest absolute Gasteiger partial charge is 0.497 e. The molecule has 0 aliphatic carbocycles. The molecule has 0 saturated heterocycles. The number of carbonyl (C=O) groups excluding carboxylic acids is 3. The fourth-order valence-electron chi connectivity index (χ4n) is 2.24. The molecule has 0 heterocycles. The van der Waals surface area contributed by atoms with Crippen LogP contribution in [0.15, 0.2) is 53.6 Å². The van der Waals surface area contributed by atoms with Crippen molar-refractivity contribution in [3.8, 4) is 11.5 Å². The Hall–Kier alpha value is -3.88. The second kappa shape index (κ2) is 11.2. The number of hydrazone groups is 1. The second-order valence-electron chi connectivity index (χ2n) is 6.47. The van der Waals surface area contributed by atoms with Crippen molar-refractivity contribution < 1.29 is 23.9 Å². The highest BCUT2D eigenvalue weighted by atomic mass is 16.5. The van der Waals surface area contributed by atoms with E-state index in [-0.39, 0.29) is 18.6 Å². The number of nitrogens with zero attached hydrogens (tertiary/aromatic N) is 1. The molecule has 0 aliphatic rings. The fraction of sp³-hybridized carbons (Fsp3) is 0.238. The normalized spacial score (nSPS) is 10.5. The van der Waals surface area contributed by atoms with Gasteiger partial charge in [0.1, 0.15) is 11.5 Å². The summed E-state index contributed by atoms with van der Waals surface area (Å²) in [5, 5.41) is 8.92. The molecule has 0 fully saturated rings. The average Bonchev–Trinajstić information content (AvgIpc) is 2.72. The minimum Gasteiger partial charge on any atom is -0.497 e. The first-order valence-electron chi connectivity index (χ1n) is 9.18. The highest BCUT2D eigenvalue weighted by molar-refractivity contribution is 6.35. The van der Waals surface area contributed by atoms with Crippen LogP contribution in [-0.4, -0.2) is 43.7 Å². The van der Waals surface area contributed by atoms with Crippen LogP contribution in [0.3, 0.4) is 0 Å². The van der Waals surface area contributed by atoms with E-state index in [1.54, 1.807) is 69.5 Å². The van der Waals surface area contributed by atoms with Gasteiger partial charge in [-0.1, -0.05) is 6.07 Å². The monoisotopic (exact) mass is 412 g/mol. The number of nitrogens with one attached hydrogen (secondary N) is 3. The first-order valence-corrected chi connectivity index (χ1v) is 9.18. The number of hydrogen-bond acceptors (Lipinski definition) is 6. The number of hydrogen-bond donors (Lipinski definition) is 3. The zero-order valence-corrected chi connectivity index (χ0v) is 17.0. The predicted octanol–water partition coefficient (Wildman–Crippen LogP) is 1.69. The van der Waals surface area contributed by atoms with Gasteiger partial charge in [0.2, 0.25) is 0 Å². The van der Waals surface area contributed by atoms with Gasteiger partial charge in [0.15, 0.2) is 6.61 Å². The molecule has 3 amide bonds. The Balaban J connectivity index is 1.79.